The maximum atomic E-state index is 13.0. The van der Waals surface area contributed by atoms with Crippen molar-refractivity contribution < 1.29 is 22.7 Å². The van der Waals surface area contributed by atoms with Crippen LogP contribution in [0.5, 0.6) is 11.5 Å². The molecule has 1 unspecified atom stereocenters. The number of sulfonamides is 1. The van der Waals surface area contributed by atoms with Crippen molar-refractivity contribution in [1.82, 2.24) is 19.5 Å². The van der Waals surface area contributed by atoms with Crippen LogP contribution in [-0.4, -0.2) is 48.5 Å². The van der Waals surface area contributed by atoms with Crippen molar-refractivity contribution in [2.24, 2.45) is 0 Å². The minimum atomic E-state index is -3.70. The van der Waals surface area contributed by atoms with Gasteiger partial charge in [-0.2, -0.15) is 5.10 Å². The topological polar surface area (TPSA) is 136 Å². The molecule has 1 atom stereocenters. The van der Waals surface area contributed by atoms with Crippen LogP contribution in [0.3, 0.4) is 0 Å². The highest BCUT2D eigenvalue weighted by molar-refractivity contribution is 7.89. The zero-order valence-electron chi connectivity index (χ0n) is 23.7. The lowest BCUT2D eigenvalue weighted by atomic mass is 9.92. The maximum Gasteiger partial charge on any atom is 0.324 e. The lowest BCUT2D eigenvalue weighted by molar-refractivity contribution is 0.114. The largest absolute Gasteiger partial charge is 0.457 e. The second-order valence-corrected chi connectivity index (χ2v) is 12.7. The SMILES string of the molecule is CC(C)(C)c1cc(NC(=O)Nc2ccc(Oc3ccncc3)cc2)n(-c2ccc(S(=O)(=O)NCC3CCCO3)cc2)n1. The number of anilines is 2. The Labute approximate surface area is 245 Å². The lowest BCUT2D eigenvalue weighted by Crippen LogP contribution is -2.31. The standard InChI is InChI=1S/C30H34N6O5S/c1-30(2,3)27-19-28(34-29(37)33-21-6-10-23(11-7-21)41-24-14-16-31-17-15-24)36(35-27)22-8-12-26(13-9-22)42(38,39)32-20-25-5-4-18-40-25/h6-17,19,25,32H,4-5,18,20H2,1-3H3,(H2,33,34,37). The summed E-state index contributed by atoms with van der Waals surface area (Å²) >= 11 is 0. The molecule has 1 fully saturated rings. The second-order valence-electron chi connectivity index (χ2n) is 10.9. The van der Waals surface area contributed by atoms with E-state index in [2.05, 4.69) is 20.3 Å². The first kappa shape index (κ1) is 29.2. The molecule has 0 spiro atoms. The van der Waals surface area contributed by atoms with E-state index in [0.29, 0.717) is 35.3 Å². The Hall–Kier alpha value is -4.26. The highest BCUT2D eigenvalue weighted by Crippen LogP contribution is 2.27. The summed E-state index contributed by atoms with van der Waals surface area (Å²) in [7, 11) is -3.70. The third-order valence-electron chi connectivity index (χ3n) is 6.63. The molecule has 2 aromatic carbocycles. The summed E-state index contributed by atoms with van der Waals surface area (Å²) in [4.78, 5) is 17.1. The first-order chi connectivity index (χ1) is 20.1. The molecule has 5 rings (SSSR count). The Morgan fingerprint density at radius 3 is 2.33 bits per heavy atom. The molecule has 1 aliphatic heterocycles. The molecule has 12 heteroatoms. The Morgan fingerprint density at radius 1 is 1.00 bits per heavy atom. The van der Waals surface area contributed by atoms with E-state index >= 15 is 0 Å². The number of carbonyl (C=O) groups is 1. The third kappa shape index (κ3) is 7.32. The molecular formula is C30H34N6O5S. The first-order valence-electron chi connectivity index (χ1n) is 13.6. The number of rotatable bonds is 9. The molecule has 0 aliphatic carbocycles. The third-order valence-corrected chi connectivity index (χ3v) is 8.07. The number of hydrogen-bond acceptors (Lipinski definition) is 7. The number of hydrogen-bond donors (Lipinski definition) is 3. The summed E-state index contributed by atoms with van der Waals surface area (Å²) in [5, 5.41) is 10.4. The number of ether oxygens (including phenoxy) is 2. The number of pyridine rings is 1. The molecule has 0 saturated carbocycles. The molecule has 2 amide bonds. The van der Waals surface area contributed by atoms with Crippen molar-refractivity contribution >= 4 is 27.6 Å². The summed E-state index contributed by atoms with van der Waals surface area (Å²) in [5.41, 5.74) is 1.63. The van der Waals surface area contributed by atoms with Crippen molar-refractivity contribution in [2.75, 3.05) is 23.8 Å². The summed E-state index contributed by atoms with van der Waals surface area (Å²) in [6, 6.07) is 18.2. The first-order valence-corrected chi connectivity index (χ1v) is 15.1. The van der Waals surface area contributed by atoms with Crippen LogP contribution in [0, 0.1) is 0 Å². The molecule has 3 N–H and O–H groups in total. The van der Waals surface area contributed by atoms with Crippen molar-refractivity contribution in [3.8, 4) is 17.2 Å². The highest BCUT2D eigenvalue weighted by atomic mass is 32.2. The van der Waals surface area contributed by atoms with Gasteiger partial charge in [0.05, 0.1) is 22.4 Å². The van der Waals surface area contributed by atoms with Crippen LogP contribution in [0.15, 0.2) is 84.0 Å². The van der Waals surface area contributed by atoms with Gasteiger partial charge in [0.25, 0.3) is 0 Å². The normalized spacial score (nSPS) is 15.4. The van der Waals surface area contributed by atoms with Gasteiger partial charge in [-0.1, -0.05) is 20.8 Å². The number of amides is 2. The van der Waals surface area contributed by atoms with Crippen molar-refractivity contribution in [2.45, 2.75) is 50.0 Å². The van der Waals surface area contributed by atoms with Gasteiger partial charge in [0, 0.05) is 42.7 Å². The minimum Gasteiger partial charge on any atom is -0.457 e. The summed E-state index contributed by atoms with van der Waals surface area (Å²) in [6.07, 6.45) is 4.97. The van der Waals surface area contributed by atoms with Gasteiger partial charge in [-0.05, 0) is 73.5 Å². The zero-order chi connectivity index (χ0) is 29.7. The Morgan fingerprint density at radius 2 is 1.69 bits per heavy atom. The van der Waals surface area contributed by atoms with Gasteiger partial charge in [0.2, 0.25) is 10.0 Å². The zero-order valence-corrected chi connectivity index (χ0v) is 24.5. The van der Waals surface area contributed by atoms with Crippen LogP contribution in [0.25, 0.3) is 5.69 Å². The average Bonchev–Trinajstić information content (AvgIpc) is 3.64. The summed E-state index contributed by atoms with van der Waals surface area (Å²) in [5.74, 6) is 1.71. The Kier molecular flexibility index (Phi) is 8.57. The van der Waals surface area contributed by atoms with Crippen LogP contribution in [-0.2, 0) is 20.2 Å². The van der Waals surface area contributed by atoms with Gasteiger partial charge in [-0.3, -0.25) is 10.3 Å². The van der Waals surface area contributed by atoms with Crippen LogP contribution >= 0.6 is 0 Å². The fourth-order valence-corrected chi connectivity index (χ4v) is 5.38. The van der Waals surface area contributed by atoms with Gasteiger partial charge in [-0.15, -0.1) is 0 Å². The van der Waals surface area contributed by atoms with Gasteiger partial charge >= 0.3 is 6.03 Å². The number of urea groups is 1. The van der Waals surface area contributed by atoms with E-state index in [1.165, 1.54) is 12.1 Å². The van der Waals surface area contributed by atoms with Crippen LogP contribution in [0.4, 0.5) is 16.3 Å². The quantitative estimate of drug-likeness (QED) is 0.236. The Bertz CT molecular complexity index is 1610. The number of carbonyl (C=O) groups excluding carboxylic acids is 1. The van der Waals surface area contributed by atoms with E-state index < -0.39 is 16.1 Å². The lowest BCUT2D eigenvalue weighted by Gasteiger charge is -2.14. The molecule has 2 aromatic heterocycles. The number of nitrogens with one attached hydrogen (secondary N) is 3. The molecule has 1 saturated heterocycles. The smallest absolute Gasteiger partial charge is 0.324 e. The monoisotopic (exact) mass is 590 g/mol. The fraction of sp³-hybridized carbons (Fsp3) is 0.300. The highest BCUT2D eigenvalue weighted by Gasteiger charge is 2.23. The average molecular weight is 591 g/mol. The molecule has 0 bridgehead atoms. The van der Waals surface area contributed by atoms with Crippen molar-refractivity contribution in [3.05, 3.63) is 84.8 Å². The van der Waals surface area contributed by atoms with E-state index in [9.17, 15) is 13.2 Å². The summed E-state index contributed by atoms with van der Waals surface area (Å²) in [6.45, 7) is 6.96. The number of nitrogens with zero attached hydrogens (tertiary/aromatic N) is 3. The molecule has 220 valence electrons. The number of aromatic nitrogens is 3. The van der Waals surface area contributed by atoms with Crippen LogP contribution < -0.4 is 20.1 Å². The molecule has 11 nitrogen and oxygen atoms in total. The van der Waals surface area contributed by atoms with Gasteiger partial charge in [-0.25, -0.2) is 22.6 Å². The molecular weight excluding hydrogens is 556 g/mol. The predicted octanol–water partition coefficient (Wildman–Crippen LogP) is 5.46. The Balaban J connectivity index is 1.29. The van der Waals surface area contributed by atoms with E-state index in [0.717, 1.165) is 18.5 Å². The molecule has 0 radical (unpaired) electrons. The minimum absolute atomic E-state index is 0.1000. The second kappa shape index (κ2) is 12.3. The van der Waals surface area contributed by atoms with E-state index in [-0.39, 0.29) is 23.0 Å². The molecule has 1 aliphatic rings. The van der Waals surface area contributed by atoms with Crippen LogP contribution in [0.2, 0.25) is 0 Å². The number of benzene rings is 2. The summed E-state index contributed by atoms with van der Waals surface area (Å²) < 4.78 is 41.1. The van der Waals surface area contributed by atoms with Crippen molar-refractivity contribution in [1.29, 1.82) is 0 Å². The fourth-order valence-electron chi connectivity index (χ4n) is 4.32. The van der Waals surface area contributed by atoms with E-state index in [1.54, 1.807) is 71.7 Å². The van der Waals surface area contributed by atoms with E-state index in [1.807, 2.05) is 20.8 Å². The van der Waals surface area contributed by atoms with Gasteiger partial charge in [0.15, 0.2) is 0 Å². The molecule has 42 heavy (non-hydrogen) atoms. The molecule has 4 aromatic rings. The van der Waals surface area contributed by atoms with E-state index in [4.69, 9.17) is 14.6 Å². The van der Waals surface area contributed by atoms with Crippen molar-refractivity contribution in [3.63, 3.8) is 0 Å². The maximum absolute atomic E-state index is 13.0. The molecule has 3 heterocycles. The van der Waals surface area contributed by atoms with Gasteiger partial charge in [0.1, 0.15) is 17.3 Å². The predicted molar refractivity (Wildman–Crippen MR) is 160 cm³/mol. The van der Waals surface area contributed by atoms with Gasteiger partial charge < -0.3 is 14.8 Å². The van der Waals surface area contributed by atoms with Crippen LogP contribution in [0.1, 0.15) is 39.3 Å².